The molecule has 0 spiro atoms. The highest BCUT2D eigenvalue weighted by molar-refractivity contribution is 5.15. The highest BCUT2D eigenvalue weighted by Gasteiger charge is 2.14. The van der Waals surface area contributed by atoms with Crippen molar-refractivity contribution in [3.05, 3.63) is 24.5 Å². The average molecular weight is 208 g/mol. The highest BCUT2D eigenvalue weighted by atomic mass is 16.5. The van der Waals surface area contributed by atoms with Crippen LogP contribution in [-0.2, 0) is 0 Å². The van der Waals surface area contributed by atoms with Crippen LogP contribution in [0.1, 0.15) is 26.7 Å². The summed E-state index contributed by atoms with van der Waals surface area (Å²) in [5, 5.41) is 0. The van der Waals surface area contributed by atoms with Crippen molar-refractivity contribution in [1.82, 2.24) is 4.98 Å². The SMILES string of the molecule is CC(C)(CN)CCCOc1cccnc1. The second kappa shape index (κ2) is 5.71. The first-order valence-corrected chi connectivity index (χ1v) is 5.37. The van der Waals surface area contributed by atoms with E-state index < -0.39 is 0 Å². The molecule has 0 aliphatic rings. The molecule has 0 aliphatic carbocycles. The van der Waals surface area contributed by atoms with Crippen molar-refractivity contribution < 1.29 is 4.74 Å². The Morgan fingerprint density at radius 1 is 1.47 bits per heavy atom. The maximum Gasteiger partial charge on any atom is 0.137 e. The molecule has 0 fully saturated rings. The number of nitrogens with two attached hydrogens (primary N) is 1. The summed E-state index contributed by atoms with van der Waals surface area (Å²) in [6.45, 7) is 5.81. The van der Waals surface area contributed by atoms with Crippen molar-refractivity contribution in [2.75, 3.05) is 13.2 Å². The van der Waals surface area contributed by atoms with Gasteiger partial charge in [-0.05, 0) is 36.9 Å². The molecule has 0 saturated heterocycles. The average Bonchev–Trinajstić information content (AvgIpc) is 2.26. The summed E-state index contributed by atoms with van der Waals surface area (Å²) < 4.78 is 5.54. The molecule has 15 heavy (non-hydrogen) atoms. The lowest BCUT2D eigenvalue weighted by atomic mass is 9.88. The Labute approximate surface area is 91.7 Å². The molecule has 84 valence electrons. The van der Waals surface area contributed by atoms with E-state index >= 15 is 0 Å². The number of hydrogen-bond acceptors (Lipinski definition) is 3. The number of aromatic nitrogens is 1. The fourth-order valence-corrected chi connectivity index (χ4v) is 1.28. The van der Waals surface area contributed by atoms with Crippen LogP contribution in [0.2, 0.25) is 0 Å². The molecule has 0 radical (unpaired) electrons. The standard InChI is InChI=1S/C12H20N2O/c1-12(2,10-13)6-4-8-15-11-5-3-7-14-9-11/h3,5,7,9H,4,6,8,10,13H2,1-2H3. The van der Waals surface area contributed by atoms with Crippen LogP contribution in [0.3, 0.4) is 0 Å². The van der Waals surface area contributed by atoms with Gasteiger partial charge in [0.05, 0.1) is 12.8 Å². The zero-order chi connectivity index (χ0) is 11.1. The van der Waals surface area contributed by atoms with Crippen LogP contribution >= 0.6 is 0 Å². The van der Waals surface area contributed by atoms with Crippen LogP contribution in [0.15, 0.2) is 24.5 Å². The maximum atomic E-state index is 5.65. The Balaban J connectivity index is 2.18. The van der Waals surface area contributed by atoms with E-state index in [1.807, 2.05) is 12.1 Å². The molecule has 0 aliphatic heterocycles. The van der Waals surface area contributed by atoms with Crippen LogP contribution in [0.4, 0.5) is 0 Å². The van der Waals surface area contributed by atoms with E-state index in [4.69, 9.17) is 10.5 Å². The molecule has 2 N–H and O–H groups in total. The van der Waals surface area contributed by atoms with E-state index in [0.29, 0.717) is 0 Å². The summed E-state index contributed by atoms with van der Waals surface area (Å²) in [6.07, 6.45) is 5.58. The smallest absolute Gasteiger partial charge is 0.137 e. The fourth-order valence-electron chi connectivity index (χ4n) is 1.28. The number of nitrogens with zero attached hydrogens (tertiary/aromatic N) is 1. The van der Waals surface area contributed by atoms with E-state index in [1.165, 1.54) is 0 Å². The zero-order valence-corrected chi connectivity index (χ0v) is 9.57. The normalized spacial score (nSPS) is 11.4. The first-order valence-electron chi connectivity index (χ1n) is 5.37. The summed E-state index contributed by atoms with van der Waals surface area (Å²) >= 11 is 0. The lowest BCUT2D eigenvalue weighted by molar-refractivity contribution is 0.260. The molecule has 1 rings (SSSR count). The summed E-state index contributed by atoms with van der Waals surface area (Å²) in [6, 6.07) is 3.79. The van der Waals surface area contributed by atoms with E-state index in [9.17, 15) is 0 Å². The van der Waals surface area contributed by atoms with E-state index in [1.54, 1.807) is 12.4 Å². The minimum absolute atomic E-state index is 0.221. The van der Waals surface area contributed by atoms with E-state index in [2.05, 4.69) is 18.8 Å². The molecule has 1 aromatic heterocycles. The topological polar surface area (TPSA) is 48.1 Å². The number of ether oxygens (including phenoxy) is 1. The van der Waals surface area contributed by atoms with Crippen molar-refractivity contribution in [3.63, 3.8) is 0 Å². The fraction of sp³-hybridized carbons (Fsp3) is 0.583. The third kappa shape index (κ3) is 4.79. The molecule has 1 aromatic rings. The lowest BCUT2D eigenvalue weighted by Gasteiger charge is -2.21. The van der Waals surface area contributed by atoms with Gasteiger partial charge in [0.25, 0.3) is 0 Å². The predicted molar refractivity (Wildman–Crippen MR) is 61.8 cm³/mol. The highest BCUT2D eigenvalue weighted by Crippen LogP contribution is 2.20. The Hall–Kier alpha value is -1.09. The van der Waals surface area contributed by atoms with Gasteiger partial charge in [-0.1, -0.05) is 13.8 Å². The molecule has 3 heteroatoms. The van der Waals surface area contributed by atoms with Gasteiger partial charge < -0.3 is 10.5 Å². The monoisotopic (exact) mass is 208 g/mol. The Bertz CT molecular complexity index is 272. The second-order valence-electron chi connectivity index (χ2n) is 4.51. The van der Waals surface area contributed by atoms with Gasteiger partial charge in [0.1, 0.15) is 5.75 Å². The van der Waals surface area contributed by atoms with Gasteiger partial charge in [-0.15, -0.1) is 0 Å². The maximum absolute atomic E-state index is 5.65. The van der Waals surface area contributed by atoms with Crippen LogP contribution in [0.25, 0.3) is 0 Å². The van der Waals surface area contributed by atoms with E-state index in [-0.39, 0.29) is 5.41 Å². The number of hydrogen-bond donors (Lipinski definition) is 1. The number of rotatable bonds is 6. The minimum Gasteiger partial charge on any atom is -0.492 e. The van der Waals surface area contributed by atoms with Crippen molar-refractivity contribution in [2.45, 2.75) is 26.7 Å². The van der Waals surface area contributed by atoms with Crippen molar-refractivity contribution in [3.8, 4) is 5.75 Å². The summed E-state index contributed by atoms with van der Waals surface area (Å²) in [4.78, 5) is 3.98. The van der Waals surface area contributed by atoms with Gasteiger partial charge in [-0.25, -0.2) is 0 Å². The summed E-state index contributed by atoms with van der Waals surface area (Å²) in [5.74, 6) is 0.836. The third-order valence-electron chi connectivity index (χ3n) is 2.45. The molecular formula is C12H20N2O. The predicted octanol–water partition coefficient (Wildman–Crippen LogP) is 2.23. The van der Waals surface area contributed by atoms with Crippen molar-refractivity contribution in [2.24, 2.45) is 11.1 Å². The Morgan fingerprint density at radius 2 is 2.27 bits per heavy atom. The van der Waals surface area contributed by atoms with Crippen LogP contribution < -0.4 is 10.5 Å². The zero-order valence-electron chi connectivity index (χ0n) is 9.57. The van der Waals surface area contributed by atoms with Gasteiger partial charge in [0, 0.05) is 6.20 Å². The molecule has 0 aromatic carbocycles. The molecule has 0 bridgehead atoms. The van der Waals surface area contributed by atoms with Crippen LogP contribution in [0, 0.1) is 5.41 Å². The molecule has 0 unspecified atom stereocenters. The molecule has 0 atom stereocenters. The second-order valence-corrected chi connectivity index (χ2v) is 4.51. The lowest BCUT2D eigenvalue weighted by Crippen LogP contribution is -2.23. The van der Waals surface area contributed by atoms with Crippen molar-refractivity contribution in [1.29, 1.82) is 0 Å². The summed E-state index contributed by atoms with van der Waals surface area (Å²) in [5.41, 5.74) is 5.87. The summed E-state index contributed by atoms with van der Waals surface area (Å²) in [7, 11) is 0. The number of pyridine rings is 1. The van der Waals surface area contributed by atoms with Crippen molar-refractivity contribution >= 4 is 0 Å². The van der Waals surface area contributed by atoms with Gasteiger partial charge in [-0.3, -0.25) is 4.98 Å². The first-order chi connectivity index (χ1) is 7.14. The van der Waals surface area contributed by atoms with Gasteiger partial charge >= 0.3 is 0 Å². The quantitative estimate of drug-likeness (QED) is 0.729. The Kier molecular flexibility index (Phi) is 4.56. The first kappa shape index (κ1) is 12.0. The molecule has 3 nitrogen and oxygen atoms in total. The van der Waals surface area contributed by atoms with Gasteiger partial charge in [0.15, 0.2) is 0 Å². The molecule has 0 amide bonds. The molecule has 0 saturated carbocycles. The largest absolute Gasteiger partial charge is 0.492 e. The van der Waals surface area contributed by atoms with Crippen LogP contribution in [0.5, 0.6) is 5.75 Å². The third-order valence-corrected chi connectivity index (χ3v) is 2.45. The van der Waals surface area contributed by atoms with E-state index in [0.717, 1.165) is 31.7 Å². The molecule has 1 heterocycles. The Morgan fingerprint density at radius 3 is 2.87 bits per heavy atom. The molecular weight excluding hydrogens is 188 g/mol. The van der Waals surface area contributed by atoms with Crippen LogP contribution in [-0.4, -0.2) is 18.1 Å². The minimum atomic E-state index is 0.221. The van der Waals surface area contributed by atoms with Gasteiger partial charge in [0.2, 0.25) is 0 Å². The van der Waals surface area contributed by atoms with Gasteiger partial charge in [-0.2, -0.15) is 0 Å².